The molecule has 1 unspecified atom stereocenters. The third-order valence-corrected chi connectivity index (χ3v) is 2.46. The first-order valence-electron chi connectivity index (χ1n) is 6.01. The molecule has 0 aliphatic carbocycles. The number of amides is 1. The maximum absolute atomic E-state index is 10.5. The van der Waals surface area contributed by atoms with Crippen LogP contribution in [0, 0.1) is 0 Å². The average Bonchev–Trinajstić information content (AvgIpc) is 2.32. The van der Waals surface area contributed by atoms with Crippen molar-refractivity contribution in [2.45, 2.75) is 31.9 Å². The van der Waals surface area contributed by atoms with Crippen molar-refractivity contribution in [3.63, 3.8) is 0 Å². The highest BCUT2D eigenvalue weighted by Crippen LogP contribution is 2.15. The number of hydrogen-bond acceptors (Lipinski definition) is 4. The highest BCUT2D eigenvalue weighted by molar-refractivity contribution is 5.73. The van der Waals surface area contributed by atoms with Crippen LogP contribution in [-0.2, 0) is 11.2 Å². The number of carbonyl (C=O) groups is 1. The molecular formula is C13H20N2O3. The van der Waals surface area contributed by atoms with Crippen molar-refractivity contribution < 1.29 is 14.6 Å². The van der Waals surface area contributed by atoms with Gasteiger partial charge in [0.2, 0.25) is 5.91 Å². The highest BCUT2D eigenvalue weighted by Gasteiger charge is 2.01. The Morgan fingerprint density at radius 3 is 2.89 bits per heavy atom. The molecule has 1 rings (SSSR count). The van der Waals surface area contributed by atoms with Gasteiger partial charge < -0.3 is 21.3 Å². The second-order valence-electron chi connectivity index (χ2n) is 4.17. The molecule has 0 radical (unpaired) electrons. The summed E-state index contributed by atoms with van der Waals surface area (Å²) in [4.78, 5) is 10.5. The second kappa shape index (κ2) is 7.68. The van der Waals surface area contributed by atoms with Gasteiger partial charge in [0.1, 0.15) is 12.0 Å². The fraction of sp³-hybridized carbons (Fsp3) is 0.462. The van der Waals surface area contributed by atoms with E-state index in [1.54, 1.807) is 0 Å². The summed E-state index contributed by atoms with van der Waals surface area (Å²) in [6.07, 6.45) is 1.38. The van der Waals surface area contributed by atoms with Crippen molar-refractivity contribution in [2.75, 3.05) is 6.61 Å². The van der Waals surface area contributed by atoms with E-state index in [0.29, 0.717) is 32.3 Å². The van der Waals surface area contributed by atoms with Crippen LogP contribution < -0.4 is 16.2 Å². The monoisotopic (exact) mass is 252 g/mol. The number of aryl methyl sites for hydroxylation is 1. The number of rotatable bonds is 8. The zero-order valence-corrected chi connectivity index (χ0v) is 10.3. The van der Waals surface area contributed by atoms with Gasteiger partial charge in [-0.25, -0.2) is 0 Å². The summed E-state index contributed by atoms with van der Waals surface area (Å²) < 4.78 is 5.50. The van der Waals surface area contributed by atoms with Crippen LogP contribution in [0.3, 0.4) is 0 Å². The fourth-order valence-electron chi connectivity index (χ4n) is 1.54. The van der Waals surface area contributed by atoms with Crippen LogP contribution in [0.2, 0.25) is 0 Å². The van der Waals surface area contributed by atoms with E-state index in [1.165, 1.54) is 0 Å². The van der Waals surface area contributed by atoms with Crippen LogP contribution in [0.25, 0.3) is 0 Å². The molecule has 0 fully saturated rings. The first-order valence-corrected chi connectivity index (χ1v) is 6.01. The minimum atomic E-state index is -0.787. The van der Waals surface area contributed by atoms with E-state index in [9.17, 15) is 4.79 Å². The topological polar surface area (TPSA) is 98.6 Å². The van der Waals surface area contributed by atoms with Crippen molar-refractivity contribution in [3.05, 3.63) is 29.8 Å². The van der Waals surface area contributed by atoms with E-state index in [1.807, 2.05) is 24.3 Å². The Morgan fingerprint density at radius 1 is 1.44 bits per heavy atom. The average molecular weight is 252 g/mol. The van der Waals surface area contributed by atoms with Gasteiger partial charge in [-0.3, -0.25) is 4.79 Å². The van der Waals surface area contributed by atoms with Crippen LogP contribution in [0.5, 0.6) is 5.75 Å². The molecule has 1 amide bonds. The molecule has 0 spiro atoms. The SMILES string of the molecule is NC(=O)CCCOc1cccc(CCC(N)O)c1. The molecule has 1 aromatic rings. The molecule has 100 valence electrons. The lowest BCUT2D eigenvalue weighted by Crippen LogP contribution is -2.19. The summed E-state index contributed by atoms with van der Waals surface area (Å²) in [6, 6.07) is 7.61. The van der Waals surface area contributed by atoms with E-state index in [0.717, 1.165) is 11.3 Å². The molecule has 5 nitrogen and oxygen atoms in total. The van der Waals surface area contributed by atoms with Crippen LogP contribution in [0.4, 0.5) is 0 Å². The molecule has 0 bridgehead atoms. The van der Waals surface area contributed by atoms with Gasteiger partial charge in [0.15, 0.2) is 0 Å². The number of aliphatic hydroxyl groups is 1. The van der Waals surface area contributed by atoms with Gasteiger partial charge >= 0.3 is 0 Å². The maximum atomic E-state index is 10.5. The number of nitrogens with two attached hydrogens (primary N) is 2. The Hall–Kier alpha value is -1.59. The largest absolute Gasteiger partial charge is 0.494 e. The van der Waals surface area contributed by atoms with Crippen LogP contribution in [-0.4, -0.2) is 23.8 Å². The molecule has 5 N–H and O–H groups in total. The zero-order valence-electron chi connectivity index (χ0n) is 10.3. The second-order valence-corrected chi connectivity index (χ2v) is 4.17. The first kappa shape index (κ1) is 14.5. The lowest BCUT2D eigenvalue weighted by molar-refractivity contribution is -0.118. The smallest absolute Gasteiger partial charge is 0.217 e. The Bertz CT molecular complexity index is 380. The van der Waals surface area contributed by atoms with Crippen molar-refractivity contribution in [2.24, 2.45) is 11.5 Å². The van der Waals surface area contributed by atoms with Gasteiger partial charge in [0.05, 0.1) is 6.61 Å². The number of aliphatic hydroxyl groups excluding tert-OH is 1. The molecule has 1 atom stereocenters. The predicted octanol–water partition coefficient (Wildman–Crippen LogP) is 0.541. The molecule has 0 aliphatic rings. The zero-order chi connectivity index (χ0) is 13.4. The Labute approximate surface area is 107 Å². The number of ether oxygens (including phenoxy) is 1. The van der Waals surface area contributed by atoms with Gasteiger partial charge in [-0.1, -0.05) is 12.1 Å². The third-order valence-electron chi connectivity index (χ3n) is 2.46. The van der Waals surface area contributed by atoms with E-state index >= 15 is 0 Å². The van der Waals surface area contributed by atoms with Crippen LogP contribution >= 0.6 is 0 Å². The normalized spacial score (nSPS) is 12.1. The Balaban J connectivity index is 2.37. The lowest BCUT2D eigenvalue weighted by atomic mass is 10.1. The Morgan fingerprint density at radius 2 is 2.22 bits per heavy atom. The van der Waals surface area contributed by atoms with Gasteiger partial charge in [-0.2, -0.15) is 0 Å². The molecule has 0 saturated heterocycles. The summed E-state index contributed by atoms with van der Waals surface area (Å²) in [6.45, 7) is 0.464. The van der Waals surface area contributed by atoms with Crippen molar-refractivity contribution >= 4 is 5.91 Å². The molecule has 0 heterocycles. The molecule has 0 aliphatic heterocycles. The summed E-state index contributed by atoms with van der Waals surface area (Å²) in [5, 5.41) is 9.01. The molecule has 1 aromatic carbocycles. The number of carbonyl (C=O) groups excluding carboxylic acids is 1. The maximum Gasteiger partial charge on any atom is 0.217 e. The van der Waals surface area contributed by atoms with E-state index < -0.39 is 6.23 Å². The van der Waals surface area contributed by atoms with Crippen LogP contribution in [0.1, 0.15) is 24.8 Å². The number of benzene rings is 1. The third kappa shape index (κ3) is 6.22. The van der Waals surface area contributed by atoms with Gasteiger partial charge in [0.25, 0.3) is 0 Å². The fourth-order valence-corrected chi connectivity index (χ4v) is 1.54. The van der Waals surface area contributed by atoms with E-state index in [4.69, 9.17) is 21.3 Å². The van der Waals surface area contributed by atoms with Gasteiger partial charge in [0, 0.05) is 6.42 Å². The number of hydrogen-bond donors (Lipinski definition) is 3. The van der Waals surface area contributed by atoms with E-state index in [-0.39, 0.29) is 5.91 Å². The standard InChI is InChI=1S/C13H20N2O3/c14-12(16)5-2-8-18-11-4-1-3-10(9-11)6-7-13(15)17/h1,3-4,9,13,17H,2,5-8,15H2,(H2,14,16). The lowest BCUT2D eigenvalue weighted by Gasteiger charge is -2.08. The van der Waals surface area contributed by atoms with E-state index in [2.05, 4.69) is 0 Å². The highest BCUT2D eigenvalue weighted by atomic mass is 16.5. The summed E-state index contributed by atoms with van der Waals surface area (Å²) in [7, 11) is 0. The Kier molecular flexibility index (Phi) is 6.18. The van der Waals surface area contributed by atoms with Crippen molar-refractivity contribution in [3.8, 4) is 5.75 Å². The summed E-state index contributed by atoms with van der Waals surface area (Å²) in [5.74, 6) is 0.438. The van der Waals surface area contributed by atoms with Crippen molar-refractivity contribution in [1.82, 2.24) is 0 Å². The minimum absolute atomic E-state index is 0.315. The van der Waals surface area contributed by atoms with Crippen LogP contribution in [0.15, 0.2) is 24.3 Å². The summed E-state index contributed by atoms with van der Waals surface area (Å²) in [5.41, 5.74) is 11.4. The van der Waals surface area contributed by atoms with Crippen molar-refractivity contribution in [1.29, 1.82) is 0 Å². The first-order chi connectivity index (χ1) is 8.58. The molecule has 5 heteroatoms. The minimum Gasteiger partial charge on any atom is -0.494 e. The number of primary amides is 1. The molecule has 0 saturated carbocycles. The summed E-state index contributed by atoms with van der Waals surface area (Å²) >= 11 is 0. The predicted molar refractivity (Wildman–Crippen MR) is 68.9 cm³/mol. The quantitative estimate of drug-likeness (QED) is 0.464. The molecular weight excluding hydrogens is 232 g/mol. The van der Waals surface area contributed by atoms with Gasteiger partial charge in [-0.15, -0.1) is 0 Å². The molecule has 18 heavy (non-hydrogen) atoms. The molecule has 0 aromatic heterocycles. The van der Waals surface area contributed by atoms with Gasteiger partial charge in [-0.05, 0) is 37.0 Å².